The largest absolute Gasteiger partial charge is 0.459 e. The molecule has 3 heterocycles. The van der Waals surface area contributed by atoms with Crippen molar-refractivity contribution in [2.45, 2.75) is 12.5 Å². The van der Waals surface area contributed by atoms with E-state index in [9.17, 15) is 4.79 Å². The average Bonchev–Trinajstić information content (AvgIpc) is 3.34. The fraction of sp³-hybridized carbons (Fsp3) is 0.476. The van der Waals surface area contributed by atoms with Gasteiger partial charge in [-0.15, -0.1) is 0 Å². The van der Waals surface area contributed by atoms with Gasteiger partial charge in [0.2, 0.25) is 0 Å². The van der Waals surface area contributed by atoms with Crippen molar-refractivity contribution in [3.05, 3.63) is 53.5 Å². The summed E-state index contributed by atoms with van der Waals surface area (Å²) in [6, 6.07) is 10.4. The molecule has 1 fully saturated rings. The van der Waals surface area contributed by atoms with Gasteiger partial charge in [0.15, 0.2) is 5.76 Å². The molecule has 6 heteroatoms. The second-order valence-corrected chi connectivity index (χ2v) is 7.60. The zero-order valence-electron chi connectivity index (χ0n) is 16.1. The lowest BCUT2D eigenvalue weighted by Gasteiger charge is -2.38. The number of likely N-dealkylation sites (N-methyl/N-ethyl adjacent to an activating group) is 2. The standard InChI is InChI=1S/C21H28N4O2/c1-23-9-11-25(12-10-23)19(15-22-21(26)20-4-3-13-27-20)16-5-6-18-17(14-16)7-8-24(18)2/h3-6,13-14,19H,7-12,15H2,1-2H3,(H,22,26). The van der Waals surface area contributed by atoms with Gasteiger partial charge in [0.05, 0.1) is 12.3 Å². The van der Waals surface area contributed by atoms with Crippen LogP contribution in [0.2, 0.25) is 0 Å². The van der Waals surface area contributed by atoms with Crippen LogP contribution in [0.15, 0.2) is 41.0 Å². The summed E-state index contributed by atoms with van der Waals surface area (Å²) in [6.45, 7) is 5.78. The lowest BCUT2D eigenvalue weighted by atomic mass is 10.00. The summed E-state index contributed by atoms with van der Waals surface area (Å²) in [5, 5.41) is 3.07. The van der Waals surface area contributed by atoms with E-state index in [1.165, 1.54) is 23.1 Å². The molecule has 0 bridgehead atoms. The first-order valence-corrected chi connectivity index (χ1v) is 9.70. The maximum Gasteiger partial charge on any atom is 0.287 e. The van der Waals surface area contributed by atoms with Crippen LogP contribution in [-0.4, -0.2) is 69.1 Å². The van der Waals surface area contributed by atoms with Crippen molar-refractivity contribution < 1.29 is 9.21 Å². The molecule has 0 saturated carbocycles. The molecule has 6 nitrogen and oxygen atoms in total. The topological polar surface area (TPSA) is 52.0 Å². The molecule has 0 aliphatic carbocycles. The zero-order valence-corrected chi connectivity index (χ0v) is 16.1. The van der Waals surface area contributed by atoms with Gasteiger partial charge in [-0.1, -0.05) is 12.1 Å². The van der Waals surface area contributed by atoms with Crippen LogP contribution in [0.5, 0.6) is 0 Å². The van der Waals surface area contributed by atoms with Crippen molar-refractivity contribution >= 4 is 11.6 Å². The number of amides is 1. The fourth-order valence-electron chi connectivity index (χ4n) is 4.07. The van der Waals surface area contributed by atoms with Crippen LogP contribution in [0, 0.1) is 0 Å². The Morgan fingerprint density at radius 2 is 1.96 bits per heavy atom. The minimum atomic E-state index is -0.153. The number of piperazine rings is 1. The van der Waals surface area contributed by atoms with Crippen LogP contribution < -0.4 is 10.2 Å². The van der Waals surface area contributed by atoms with Crippen molar-refractivity contribution in [3.63, 3.8) is 0 Å². The summed E-state index contributed by atoms with van der Waals surface area (Å²) < 4.78 is 5.23. The molecule has 1 saturated heterocycles. The van der Waals surface area contributed by atoms with Crippen molar-refractivity contribution in [1.82, 2.24) is 15.1 Å². The number of nitrogens with zero attached hydrogens (tertiary/aromatic N) is 3. The van der Waals surface area contributed by atoms with Gasteiger partial charge in [-0.3, -0.25) is 9.69 Å². The number of hydrogen-bond acceptors (Lipinski definition) is 5. The number of hydrogen-bond donors (Lipinski definition) is 1. The molecule has 1 amide bonds. The smallest absolute Gasteiger partial charge is 0.287 e. The first-order chi connectivity index (χ1) is 13.1. The van der Waals surface area contributed by atoms with E-state index in [1.54, 1.807) is 12.1 Å². The van der Waals surface area contributed by atoms with E-state index in [1.807, 2.05) is 0 Å². The van der Waals surface area contributed by atoms with Crippen LogP contribution in [0.3, 0.4) is 0 Å². The van der Waals surface area contributed by atoms with Gasteiger partial charge in [0.25, 0.3) is 5.91 Å². The number of nitrogens with one attached hydrogen (secondary N) is 1. The van der Waals surface area contributed by atoms with Crippen molar-refractivity contribution in [3.8, 4) is 0 Å². The van der Waals surface area contributed by atoms with Crippen molar-refractivity contribution in [2.75, 3.05) is 58.3 Å². The van der Waals surface area contributed by atoms with E-state index in [2.05, 4.69) is 52.3 Å². The molecule has 1 aromatic carbocycles. The van der Waals surface area contributed by atoms with Crippen molar-refractivity contribution in [1.29, 1.82) is 0 Å². The maximum atomic E-state index is 12.4. The molecule has 0 spiro atoms. The molecule has 1 unspecified atom stereocenters. The van der Waals surface area contributed by atoms with Crippen LogP contribution in [0.25, 0.3) is 0 Å². The third kappa shape index (κ3) is 3.87. The van der Waals surface area contributed by atoms with E-state index >= 15 is 0 Å². The van der Waals surface area contributed by atoms with Gasteiger partial charge in [-0.2, -0.15) is 0 Å². The molecule has 1 aromatic heterocycles. The summed E-state index contributed by atoms with van der Waals surface area (Å²) >= 11 is 0. The Morgan fingerprint density at radius 3 is 2.70 bits per heavy atom. The van der Waals surface area contributed by atoms with Gasteiger partial charge in [-0.25, -0.2) is 0 Å². The van der Waals surface area contributed by atoms with Crippen LogP contribution >= 0.6 is 0 Å². The Morgan fingerprint density at radius 1 is 1.15 bits per heavy atom. The van der Waals surface area contributed by atoms with E-state index < -0.39 is 0 Å². The third-order valence-electron chi connectivity index (χ3n) is 5.80. The normalized spacial score (nSPS) is 19.1. The number of carbonyl (C=O) groups excluding carboxylic acids is 1. The number of furan rings is 1. The van der Waals surface area contributed by atoms with Crippen LogP contribution in [-0.2, 0) is 6.42 Å². The van der Waals surface area contributed by atoms with Gasteiger partial charge in [-0.05, 0) is 42.8 Å². The lowest BCUT2D eigenvalue weighted by molar-refractivity contribution is 0.0863. The highest BCUT2D eigenvalue weighted by atomic mass is 16.3. The second kappa shape index (κ2) is 7.74. The highest BCUT2D eigenvalue weighted by Gasteiger charge is 2.26. The fourth-order valence-corrected chi connectivity index (χ4v) is 4.07. The predicted molar refractivity (Wildman–Crippen MR) is 106 cm³/mol. The monoisotopic (exact) mass is 368 g/mol. The summed E-state index contributed by atoms with van der Waals surface area (Å²) in [6.07, 6.45) is 2.62. The molecular weight excluding hydrogens is 340 g/mol. The number of anilines is 1. The third-order valence-corrected chi connectivity index (χ3v) is 5.80. The highest BCUT2D eigenvalue weighted by Crippen LogP contribution is 2.31. The van der Waals surface area contributed by atoms with E-state index in [0.29, 0.717) is 12.3 Å². The molecule has 1 N–H and O–H groups in total. The number of rotatable bonds is 5. The number of carbonyl (C=O) groups is 1. The van der Waals surface area contributed by atoms with E-state index in [0.717, 1.165) is 39.1 Å². The minimum absolute atomic E-state index is 0.153. The minimum Gasteiger partial charge on any atom is -0.459 e. The summed E-state index contributed by atoms with van der Waals surface area (Å²) in [7, 11) is 4.31. The summed E-state index contributed by atoms with van der Waals surface area (Å²) in [4.78, 5) is 19.5. The Kier molecular flexibility index (Phi) is 5.18. The molecule has 27 heavy (non-hydrogen) atoms. The molecule has 2 aliphatic heterocycles. The highest BCUT2D eigenvalue weighted by molar-refractivity contribution is 5.91. The molecule has 0 radical (unpaired) electrons. The average molecular weight is 368 g/mol. The van der Waals surface area contributed by atoms with Gasteiger partial charge < -0.3 is 19.5 Å². The van der Waals surface area contributed by atoms with Crippen LogP contribution in [0.1, 0.15) is 27.7 Å². The first-order valence-electron chi connectivity index (χ1n) is 9.70. The molecule has 144 valence electrons. The Bertz CT molecular complexity index is 781. The predicted octanol–water partition coefficient (Wildman–Crippen LogP) is 1.99. The molecule has 2 aromatic rings. The van der Waals surface area contributed by atoms with E-state index in [-0.39, 0.29) is 11.9 Å². The first kappa shape index (κ1) is 18.1. The van der Waals surface area contributed by atoms with E-state index in [4.69, 9.17) is 4.42 Å². The van der Waals surface area contributed by atoms with Crippen LogP contribution in [0.4, 0.5) is 5.69 Å². The quantitative estimate of drug-likeness (QED) is 0.875. The number of fused-ring (bicyclic) bond motifs is 1. The van der Waals surface area contributed by atoms with Gasteiger partial charge in [0.1, 0.15) is 0 Å². The molecular formula is C21H28N4O2. The molecule has 2 aliphatic rings. The Labute approximate surface area is 160 Å². The molecule has 4 rings (SSSR count). The second-order valence-electron chi connectivity index (χ2n) is 7.60. The maximum absolute atomic E-state index is 12.4. The Hall–Kier alpha value is -2.31. The lowest BCUT2D eigenvalue weighted by Crippen LogP contribution is -2.48. The van der Waals surface area contributed by atoms with Gasteiger partial charge >= 0.3 is 0 Å². The Balaban J connectivity index is 1.53. The molecule has 1 atom stereocenters. The summed E-state index contributed by atoms with van der Waals surface area (Å²) in [5.41, 5.74) is 4.02. The zero-order chi connectivity index (χ0) is 18.8. The summed E-state index contributed by atoms with van der Waals surface area (Å²) in [5.74, 6) is 0.211. The SMILES string of the molecule is CN1CCN(C(CNC(=O)c2ccco2)c2ccc3c(c2)CCN3C)CC1. The number of benzene rings is 1. The van der Waals surface area contributed by atoms with Gasteiger partial charge in [0, 0.05) is 52.0 Å². The van der Waals surface area contributed by atoms with Crippen molar-refractivity contribution in [2.24, 2.45) is 0 Å².